The molecule has 0 bridgehead atoms. The van der Waals surface area contributed by atoms with Crippen LogP contribution in [0.4, 0.5) is 0 Å². The van der Waals surface area contributed by atoms with Crippen LogP contribution in [-0.2, 0) is 35.2 Å². The highest BCUT2D eigenvalue weighted by molar-refractivity contribution is 7.92. The second kappa shape index (κ2) is 14.3. The van der Waals surface area contributed by atoms with Crippen LogP contribution in [0.25, 0.3) is 0 Å². The first-order valence-corrected chi connectivity index (χ1v) is 15.5. The molecular weight excluding hydrogens is 516 g/mol. The second-order valence-corrected chi connectivity index (χ2v) is 14.5. The molecule has 2 atom stereocenters. The summed E-state index contributed by atoms with van der Waals surface area (Å²) >= 11 is -1.95. The smallest absolute Gasteiger partial charge is 0.229 e. The monoisotopic (exact) mass is 556 g/mol. The van der Waals surface area contributed by atoms with Crippen molar-refractivity contribution in [1.82, 2.24) is 0 Å². The molecule has 0 fully saturated rings. The summed E-state index contributed by atoms with van der Waals surface area (Å²) in [6, 6.07) is 1.31. The Labute approximate surface area is 224 Å². The Balaban J connectivity index is 1.61. The molecule has 2 aromatic rings. The maximum Gasteiger partial charge on any atom is 0.229 e. The quantitative estimate of drug-likeness (QED) is 0.291. The van der Waals surface area contributed by atoms with E-state index in [1.807, 2.05) is 13.8 Å². The molecule has 8 nitrogen and oxygen atoms in total. The average Bonchev–Trinajstić information content (AvgIpc) is 2.79. The van der Waals surface area contributed by atoms with Gasteiger partial charge in [0.05, 0.1) is 6.26 Å². The van der Waals surface area contributed by atoms with Crippen molar-refractivity contribution in [1.29, 1.82) is 0 Å². The molecule has 0 saturated heterocycles. The minimum Gasteiger partial charge on any atom is -0.616 e. The summed E-state index contributed by atoms with van der Waals surface area (Å²) in [4.78, 5) is 23.6. The van der Waals surface area contributed by atoms with E-state index in [-0.39, 0.29) is 16.6 Å². The number of rotatable bonds is 16. The summed E-state index contributed by atoms with van der Waals surface area (Å²) in [7, 11) is 0. The number of hydrogen-bond donors (Lipinski definition) is 2. The van der Waals surface area contributed by atoms with Gasteiger partial charge in [-0.2, -0.15) is 0 Å². The van der Waals surface area contributed by atoms with E-state index in [4.69, 9.17) is 8.83 Å². The minimum absolute atomic E-state index is 0.142. The molecule has 0 spiro atoms. The topological polar surface area (TPSA) is 147 Å². The fourth-order valence-electron chi connectivity index (χ4n) is 4.28. The molecule has 0 radical (unpaired) electrons. The van der Waals surface area contributed by atoms with Gasteiger partial charge in [0.1, 0.15) is 41.3 Å². The molecule has 2 unspecified atom stereocenters. The van der Waals surface area contributed by atoms with Gasteiger partial charge in [-0.25, -0.2) is 0 Å². The molecule has 37 heavy (non-hydrogen) atoms. The Morgan fingerprint density at radius 2 is 1.32 bits per heavy atom. The van der Waals surface area contributed by atoms with Gasteiger partial charge in [-0.1, -0.05) is 50.0 Å². The van der Waals surface area contributed by atoms with Crippen LogP contribution >= 0.6 is 0 Å². The normalized spacial score (nSPS) is 14.0. The maximum atomic E-state index is 12.4. The maximum absolute atomic E-state index is 12.4. The summed E-state index contributed by atoms with van der Waals surface area (Å²) in [5.41, 5.74) is -0.775. The molecule has 0 saturated carbocycles. The lowest BCUT2D eigenvalue weighted by molar-refractivity contribution is 0.294. The van der Waals surface area contributed by atoms with E-state index >= 15 is 0 Å². The van der Waals surface area contributed by atoms with Crippen LogP contribution in [0.1, 0.15) is 71.1 Å². The summed E-state index contributed by atoms with van der Waals surface area (Å²) in [6.45, 7) is 8.19. The van der Waals surface area contributed by atoms with Crippen molar-refractivity contribution in [2.24, 2.45) is 10.8 Å². The van der Waals surface area contributed by atoms with Crippen LogP contribution in [0.2, 0.25) is 0 Å². The summed E-state index contributed by atoms with van der Waals surface area (Å²) in [5, 5.41) is 18.8. The summed E-state index contributed by atoms with van der Waals surface area (Å²) in [6.07, 6.45) is 8.25. The van der Waals surface area contributed by atoms with E-state index < -0.39 is 39.0 Å². The minimum atomic E-state index is -0.980. The summed E-state index contributed by atoms with van der Waals surface area (Å²) in [5.74, 6) is 1.91. The van der Waals surface area contributed by atoms with E-state index in [0.29, 0.717) is 53.6 Å². The average molecular weight is 557 g/mol. The van der Waals surface area contributed by atoms with Crippen LogP contribution in [0, 0.1) is 10.8 Å². The lowest BCUT2D eigenvalue weighted by atomic mass is 9.82. The third kappa shape index (κ3) is 11.6. The SMILES string of the molecule is CC(C)(CCC[S+]([O-])CCC[S+]([O-])CCCC(C)(C)Cc1cocc(O)c1=O)Cc1cc(=O)c(O)co1. The van der Waals surface area contributed by atoms with E-state index in [1.165, 1.54) is 12.3 Å². The van der Waals surface area contributed by atoms with Gasteiger partial charge >= 0.3 is 0 Å². The third-order valence-electron chi connectivity index (χ3n) is 6.30. The first-order valence-electron chi connectivity index (χ1n) is 12.6. The van der Waals surface area contributed by atoms with E-state index in [2.05, 4.69) is 13.8 Å². The molecule has 2 rings (SSSR count). The van der Waals surface area contributed by atoms with E-state index in [9.17, 15) is 28.9 Å². The van der Waals surface area contributed by atoms with Crippen molar-refractivity contribution >= 4 is 22.4 Å². The zero-order valence-corrected chi connectivity index (χ0v) is 23.9. The third-order valence-corrected chi connectivity index (χ3v) is 9.27. The van der Waals surface area contributed by atoms with Gasteiger partial charge in [-0.15, -0.1) is 0 Å². The molecule has 2 N–H and O–H groups in total. The Morgan fingerprint density at radius 3 is 1.89 bits per heavy atom. The van der Waals surface area contributed by atoms with E-state index in [0.717, 1.165) is 38.2 Å². The lowest BCUT2D eigenvalue weighted by Crippen LogP contribution is -2.22. The van der Waals surface area contributed by atoms with Crippen molar-refractivity contribution in [3.8, 4) is 11.5 Å². The van der Waals surface area contributed by atoms with Gasteiger partial charge in [-0.3, -0.25) is 9.59 Å². The van der Waals surface area contributed by atoms with Crippen molar-refractivity contribution in [3.63, 3.8) is 0 Å². The highest BCUT2D eigenvalue weighted by Crippen LogP contribution is 2.29. The first-order chi connectivity index (χ1) is 17.3. The predicted molar refractivity (Wildman–Crippen MR) is 147 cm³/mol. The fraction of sp³-hybridized carbons (Fsp3) is 0.630. The van der Waals surface area contributed by atoms with Gasteiger partial charge in [0, 0.05) is 24.5 Å². The van der Waals surface area contributed by atoms with E-state index in [1.54, 1.807) is 0 Å². The molecule has 0 aliphatic carbocycles. The molecule has 208 valence electrons. The molecule has 2 heterocycles. The Hall–Kier alpha value is -1.88. The second-order valence-electron chi connectivity index (χ2n) is 11.1. The molecule has 0 amide bonds. The zero-order valence-electron chi connectivity index (χ0n) is 22.2. The van der Waals surface area contributed by atoms with Crippen molar-refractivity contribution in [3.05, 3.63) is 56.6 Å². The van der Waals surface area contributed by atoms with Crippen LogP contribution in [0.3, 0.4) is 0 Å². The summed E-state index contributed by atoms with van der Waals surface area (Å²) < 4.78 is 35.1. The molecule has 0 aliphatic heterocycles. The highest BCUT2D eigenvalue weighted by atomic mass is 32.2. The van der Waals surface area contributed by atoms with Crippen molar-refractivity contribution < 1.29 is 28.2 Å². The predicted octanol–water partition coefficient (Wildman–Crippen LogP) is 4.29. The van der Waals surface area contributed by atoms with Crippen LogP contribution < -0.4 is 10.9 Å². The number of hydrogen-bond acceptors (Lipinski definition) is 8. The highest BCUT2D eigenvalue weighted by Gasteiger charge is 2.23. The lowest BCUT2D eigenvalue weighted by Gasteiger charge is -2.24. The van der Waals surface area contributed by atoms with Crippen molar-refractivity contribution in [2.75, 3.05) is 23.0 Å². The van der Waals surface area contributed by atoms with Crippen LogP contribution in [-0.4, -0.2) is 42.3 Å². The van der Waals surface area contributed by atoms with Gasteiger partial charge in [0.15, 0.2) is 11.5 Å². The molecular formula is C27H40O8S2. The van der Waals surface area contributed by atoms with Gasteiger partial charge in [0.25, 0.3) is 0 Å². The van der Waals surface area contributed by atoms with Gasteiger partial charge in [0.2, 0.25) is 10.9 Å². The Morgan fingerprint density at radius 1 is 0.784 bits per heavy atom. The standard InChI is InChI=1S/C27H40O8S2/c1-26(2,15-20-17-34-18-24(30)25(20)31)8-5-10-36(32)12-7-13-37(33)11-6-9-27(3,4)16-21-14-22(28)23(29)19-35-21/h14,17-19,29-30H,5-13,15-16H2,1-4H3. The largest absolute Gasteiger partial charge is 0.616 e. The van der Waals surface area contributed by atoms with Gasteiger partial charge < -0.3 is 28.2 Å². The van der Waals surface area contributed by atoms with Crippen molar-refractivity contribution in [2.45, 2.75) is 72.6 Å². The first kappa shape index (κ1) is 31.3. The fourth-order valence-corrected chi connectivity index (χ4v) is 6.74. The molecule has 10 heteroatoms. The molecule has 0 aliphatic rings. The number of aromatic hydroxyl groups is 2. The molecule has 0 aromatic carbocycles. The zero-order chi connectivity index (χ0) is 27.6. The van der Waals surface area contributed by atoms with Crippen LogP contribution in [0.15, 0.2) is 43.3 Å². The Kier molecular flexibility index (Phi) is 12.1. The van der Waals surface area contributed by atoms with Crippen LogP contribution in [0.5, 0.6) is 11.5 Å². The Bertz CT molecular complexity index is 1090. The molecule has 2 aromatic heterocycles. The van der Waals surface area contributed by atoms with Gasteiger partial charge in [-0.05, 0) is 42.9 Å².